The predicted octanol–water partition coefficient (Wildman–Crippen LogP) is 4.84. The number of aromatic nitrogens is 2. The maximum Gasteiger partial charge on any atom is 0.197 e. The molecular weight excluding hydrogens is 386 g/mol. The van der Waals surface area contributed by atoms with E-state index in [2.05, 4.69) is 4.90 Å². The molecule has 0 bridgehead atoms. The Morgan fingerprint density at radius 1 is 1.21 bits per heavy atom. The lowest BCUT2D eigenvalue weighted by atomic mass is 9.88. The SMILES string of the molecule is O=c1c(CN2CCc3nc(C4CCCCC4)ncc3C2)coc2ccc(Cl)cc12. The molecule has 5 rings (SSSR count). The van der Waals surface area contributed by atoms with Crippen molar-refractivity contribution in [2.45, 2.75) is 57.5 Å². The Morgan fingerprint density at radius 2 is 2.07 bits per heavy atom. The largest absolute Gasteiger partial charge is 0.464 e. The van der Waals surface area contributed by atoms with Gasteiger partial charge in [0, 0.05) is 60.0 Å². The van der Waals surface area contributed by atoms with Crippen LogP contribution in [0.2, 0.25) is 5.02 Å². The van der Waals surface area contributed by atoms with Crippen LogP contribution >= 0.6 is 11.6 Å². The maximum atomic E-state index is 12.8. The summed E-state index contributed by atoms with van der Waals surface area (Å²) in [4.78, 5) is 24.7. The third-order valence-electron chi connectivity index (χ3n) is 6.20. The van der Waals surface area contributed by atoms with Crippen molar-refractivity contribution in [3.05, 3.63) is 68.6 Å². The lowest BCUT2D eigenvalue weighted by Gasteiger charge is -2.28. The van der Waals surface area contributed by atoms with Gasteiger partial charge in [-0.15, -0.1) is 0 Å². The van der Waals surface area contributed by atoms with Crippen LogP contribution < -0.4 is 5.43 Å². The Morgan fingerprint density at radius 3 is 2.93 bits per heavy atom. The normalized spacial score (nSPS) is 18.1. The summed E-state index contributed by atoms with van der Waals surface area (Å²) in [5.74, 6) is 1.56. The van der Waals surface area contributed by atoms with Crippen LogP contribution in [0.1, 0.15) is 60.7 Å². The van der Waals surface area contributed by atoms with Crippen LogP contribution in [-0.2, 0) is 19.5 Å². The minimum atomic E-state index is -0.0107. The van der Waals surface area contributed by atoms with Gasteiger partial charge in [-0.3, -0.25) is 9.69 Å². The fourth-order valence-corrected chi connectivity index (χ4v) is 4.75. The molecule has 6 heteroatoms. The molecule has 5 nitrogen and oxygen atoms in total. The highest BCUT2D eigenvalue weighted by Gasteiger charge is 2.23. The van der Waals surface area contributed by atoms with Crippen LogP contribution in [0.5, 0.6) is 0 Å². The van der Waals surface area contributed by atoms with Gasteiger partial charge in [0.05, 0.1) is 11.6 Å². The van der Waals surface area contributed by atoms with Gasteiger partial charge in [-0.05, 0) is 31.0 Å². The second-order valence-corrected chi connectivity index (χ2v) is 8.66. The molecule has 150 valence electrons. The molecule has 1 aromatic carbocycles. The van der Waals surface area contributed by atoms with Crippen molar-refractivity contribution in [1.82, 2.24) is 14.9 Å². The van der Waals surface area contributed by atoms with Gasteiger partial charge in [0.2, 0.25) is 0 Å². The molecule has 2 aliphatic rings. The number of halogens is 1. The molecule has 2 aromatic heterocycles. The first-order valence-corrected chi connectivity index (χ1v) is 10.8. The van der Waals surface area contributed by atoms with Crippen molar-refractivity contribution in [3.63, 3.8) is 0 Å². The molecule has 0 amide bonds. The highest BCUT2D eigenvalue weighted by Crippen LogP contribution is 2.31. The van der Waals surface area contributed by atoms with E-state index >= 15 is 0 Å². The third kappa shape index (κ3) is 3.81. The van der Waals surface area contributed by atoms with Crippen LogP contribution in [0, 0.1) is 0 Å². The van der Waals surface area contributed by atoms with Crippen molar-refractivity contribution in [2.24, 2.45) is 0 Å². The number of hydrogen-bond acceptors (Lipinski definition) is 5. The zero-order valence-electron chi connectivity index (χ0n) is 16.4. The maximum absolute atomic E-state index is 12.8. The molecule has 1 saturated carbocycles. The van der Waals surface area contributed by atoms with E-state index in [9.17, 15) is 4.79 Å². The van der Waals surface area contributed by atoms with Gasteiger partial charge in [0.15, 0.2) is 5.43 Å². The predicted molar refractivity (Wildman–Crippen MR) is 113 cm³/mol. The molecule has 0 unspecified atom stereocenters. The van der Waals surface area contributed by atoms with Crippen molar-refractivity contribution >= 4 is 22.6 Å². The Hall–Kier alpha value is -2.24. The van der Waals surface area contributed by atoms with Crippen molar-refractivity contribution in [2.75, 3.05) is 6.54 Å². The van der Waals surface area contributed by atoms with E-state index in [4.69, 9.17) is 26.0 Å². The smallest absolute Gasteiger partial charge is 0.197 e. The van der Waals surface area contributed by atoms with Crippen LogP contribution in [-0.4, -0.2) is 21.4 Å². The first-order valence-electron chi connectivity index (χ1n) is 10.4. The third-order valence-corrected chi connectivity index (χ3v) is 6.44. The van der Waals surface area contributed by atoms with Crippen LogP contribution in [0.15, 0.2) is 39.9 Å². The highest BCUT2D eigenvalue weighted by molar-refractivity contribution is 6.31. The molecule has 3 heterocycles. The summed E-state index contributed by atoms with van der Waals surface area (Å²) in [6, 6.07) is 5.15. The Balaban J connectivity index is 1.34. The Kier molecular flexibility index (Phi) is 5.10. The van der Waals surface area contributed by atoms with Gasteiger partial charge in [-0.2, -0.15) is 0 Å². The van der Waals surface area contributed by atoms with E-state index in [1.165, 1.54) is 43.4 Å². The average Bonchev–Trinajstić information content (AvgIpc) is 2.76. The first kappa shape index (κ1) is 18.8. The lowest BCUT2D eigenvalue weighted by Crippen LogP contribution is -2.32. The van der Waals surface area contributed by atoms with Gasteiger partial charge in [-0.1, -0.05) is 30.9 Å². The number of hydrogen-bond donors (Lipinski definition) is 0. The first-order chi connectivity index (χ1) is 14.2. The number of fused-ring (bicyclic) bond motifs is 2. The molecule has 29 heavy (non-hydrogen) atoms. The van der Waals surface area contributed by atoms with Gasteiger partial charge in [0.25, 0.3) is 0 Å². The summed E-state index contributed by atoms with van der Waals surface area (Å²) in [5, 5.41) is 1.08. The molecule has 0 N–H and O–H groups in total. The summed E-state index contributed by atoms with van der Waals surface area (Å²) in [5.41, 5.74) is 3.56. The van der Waals surface area contributed by atoms with E-state index < -0.39 is 0 Å². The van der Waals surface area contributed by atoms with Crippen LogP contribution in [0.25, 0.3) is 11.0 Å². The second-order valence-electron chi connectivity index (χ2n) is 8.23. The molecule has 0 atom stereocenters. The Bertz CT molecular complexity index is 1100. The summed E-state index contributed by atoms with van der Waals surface area (Å²) in [7, 11) is 0. The number of benzene rings is 1. The summed E-state index contributed by atoms with van der Waals surface area (Å²) in [6.07, 6.45) is 10.8. The fourth-order valence-electron chi connectivity index (χ4n) is 4.58. The van der Waals surface area contributed by atoms with E-state index in [-0.39, 0.29) is 5.43 Å². The standard InChI is InChI=1S/C23H24ClN3O2/c24-18-6-7-21-19(10-18)22(28)17(14-29-21)13-27-9-8-20-16(12-27)11-25-23(26-20)15-4-2-1-3-5-15/h6-7,10-11,14-15H,1-5,8-9,12-13H2. The van der Waals surface area contributed by atoms with Crippen molar-refractivity contribution < 1.29 is 4.42 Å². The zero-order chi connectivity index (χ0) is 19.8. The molecule has 3 aromatic rings. The summed E-state index contributed by atoms with van der Waals surface area (Å²) < 4.78 is 5.66. The molecule has 0 spiro atoms. The van der Waals surface area contributed by atoms with Crippen molar-refractivity contribution in [1.29, 1.82) is 0 Å². The highest BCUT2D eigenvalue weighted by atomic mass is 35.5. The minimum absolute atomic E-state index is 0.0107. The summed E-state index contributed by atoms with van der Waals surface area (Å²) in [6.45, 7) is 2.18. The van der Waals surface area contributed by atoms with Crippen molar-refractivity contribution in [3.8, 4) is 0 Å². The zero-order valence-corrected chi connectivity index (χ0v) is 17.1. The van der Waals surface area contributed by atoms with Gasteiger partial charge < -0.3 is 4.42 Å². The Labute approximate surface area is 174 Å². The number of rotatable bonds is 3. The van der Waals surface area contributed by atoms with E-state index in [0.29, 0.717) is 34.0 Å². The molecule has 0 radical (unpaired) electrons. The quantitative estimate of drug-likeness (QED) is 0.619. The van der Waals surface area contributed by atoms with Crippen LogP contribution in [0.4, 0.5) is 0 Å². The molecular formula is C23H24ClN3O2. The monoisotopic (exact) mass is 409 g/mol. The molecule has 1 fully saturated rings. The molecule has 1 aliphatic carbocycles. The minimum Gasteiger partial charge on any atom is -0.464 e. The summed E-state index contributed by atoms with van der Waals surface area (Å²) >= 11 is 6.06. The number of nitrogens with zero attached hydrogens (tertiary/aromatic N) is 3. The average molecular weight is 410 g/mol. The van der Waals surface area contributed by atoms with E-state index in [0.717, 1.165) is 25.3 Å². The van der Waals surface area contributed by atoms with Gasteiger partial charge >= 0.3 is 0 Å². The van der Waals surface area contributed by atoms with Gasteiger partial charge in [-0.25, -0.2) is 9.97 Å². The van der Waals surface area contributed by atoms with E-state index in [1.807, 2.05) is 6.20 Å². The topological polar surface area (TPSA) is 59.2 Å². The fraction of sp³-hybridized carbons (Fsp3) is 0.435. The lowest BCUT2D eigenvalue weighted by molar-refractivity contribution is 0.240. The van der Waals surface area contributed by atoms with Gasteiger partial charge in [0.1, 0.15) is 11.4 Å². The van der Waals surface area contributed by atoms with Crippen LogP contribution in [0.3, 0.4) is 0 Å². The van der Waals surface area contributed by atoms with E-state index in [1.54, 1.807) is 24.5 Å². The second kappa shape index (κ2) is 7.88. The molecule has 0 saturated heterocycles. The molecule has 1 aliphatic heterocycles.